The largest absolute Gasteiger partial charge is 0.374 e. The van der Waals surface area contributed by atoms with E-state index in [1.807, 2.05) is 172 Å². The van der Waals surface area contributed by atoms with Gasteiger partial charge in [-0.2, -0.15) is 0 Å². The van der Waals surface area contributed by atoms with Crippen molar-refractivity contribution in [2.24, 2.45) is 5.11 Å². The van der Waals surface area contributed by atoms with Crippen molar-refractivity contribution in [3.63, 3.8) is 0 Å². The lowest BCUT2D eigenvalue weighted by Crippen LogP contribution is -2.63. The molecule has 0 amide bonds. The summed E-state index contributed by atoms with van der Waals surface area (Å²) in [4.78, 5) is 3.22. The Labute approximate surface area is 409 Å². The molecule has 0 aromatic heterocycles. The number of fused-ring (bicyclic) bond motifs is 1. The summed E-state index contributed by atoms with van der Waals surface area (Å²) >= 11 is 0. The lowest BCUT2D eigenvalue weighted by molar-refractivity contribution is -0.349. The van der Waals surface area contributed by atoms with Gasteiger partial charge in [-0.1, -0.05) is 157 Å². The third-order valence-electron chi connectivity index (χ3n) is 12.7. The van der Waals surface area contributed by atoms with Gasteiger partial charge in [0.25, 0.3) is 0 Å². The number of nitrogens with zero attached hydrogens (tertiary/aromatic N) is 3. The van der Waals surface area contributed by atoms with E-state index in [0.29, 0.717) is 19.8 Å². The molecule has 369 valence electrons. The van der Waals surface area contributed by atoms with Crippen LogP contribution >= 0.6 is 0 Å². The van der Waals surface area contributed by atoms with Crippen molar-refractivity contribution in [3.8, 4) is 0 Å². The topological polar surface area (TPSA) is 160 Å². The molecule has 9 rings (SSSR count). The highest BCUT2D eigenvalue weighted by atomic mass is 16.8. The zero-order valence-electron chi connectivity index (χ0n) is 39.7. The molecule has 70 heavy (non-hydrogen) atoms. The van der Waals surface area contributed by atoms with Crippen LogP contribution in [-0.2, 0) is 89.9 Å². The molecule has 5 aromatic rings. The molecule has 0 aliphatic carbocycles. The van der Waals surface area contributed by atoms with Gasteiger partial charge in [0.15, 0.2) is 18.4 Å². The second-order valence-electron chi connectivity index (χ2n) is 18.3. The van der Waals surface area contributed by atoms with E-state index in [1.165, 1.54) is 0 Å². The van der Waals surface area contributed by atoms with Crippen molar-refractivity contribution in [2.75, 3.05) is 13.2 Å². The maximum absolute atomic E-state index is 9.87. The molecule has 0 saturated carbocycles. The highest BCUT2D eigenvalue weighted by Gasteiger charge is 2.58. The van der Waals surface area contributed by atoms with Crippen LogP contribution in [0.4, 0.5) is 0 Å². The van der Waals surface area contributed by atoms with Gasteiger partial charge in [-0.3, -0.25) is 0 Å². The molecule has 4 heterocycles. The molecule has 13 atom stereocenters. The molecule has 1 radical (unpaired) electrons. The van der Waals surface area contributed by atoms with Crippen molar-refractivity contribution in [2.45, 2.75) is 139 Å². The average Bonchev–Trinajstić information content (AvgIpc) is 3.73. The molecule has 0 N–H and O–H groups in total. The Hall–Kier alpha value is -5.07. The molecule has 5 aromatic carbocycles. The molecule has 15 nitrogen and oxygen atoms in total. The van der Waals surface area contributed by atoms with Crippen molar-refractivity contribution in [3.05, 3.63) is 197 Å². The third kappa shape index (κ3) is 13.1. The summed E-state index contributed by atoms with van der Waals surface area (Å²) in [6.07, 6.45) is -9.00. The Morgan fingerprint density at radius 3 is 1.60 bits per heavy atom. The monoisotopic (exact) mass is 956 g/mol. The summed E-state index contributed by atoms with van der Waals surface area (Å²) < 4.78 is 79.6. The lowest BCUT2D eigenvalue weighted by Gasteiger charge is -2.47. The van der Waals surface area contributed by atoms with Gasteiger partial charge < -0.3 is 56.8 Å². The minimum Gasteiger partial charge on any atom is -0.374 e. The van der Waals surface area contributed by atoms with E-state index >= 15 is 0 Å². The fraction of sp³-hybridized carbons (Fsp3) is 0.436. The number of hydrogen-bond donors (Lipinski definition) is 0. The summed E-state index contributed by atoms with van der Waals surface area (Å²) in [5, 5.41) is 4.21. The first kappa shape index (κ1) is 49.9. The Kier molecular flexibility index (Phi) is 17.4. The van der Waals surface area contributed by atoms with E-state index in [2.05, 4.69) is 10.0 Å². The molecule has 4 saturated heterocycles. The van der Waals surface area contributed by atoms with E-state index in [9.17, 15) is 5.53 Å². The fourth-order valence-corrected chi connectivity index (χ4v) is 9.23. The van der Waals surface area contributed by atoms with Crippen LogP contribution < -0.4 is 0 Å². The number of azide groups is 1. The van der Waals surface area contributed by atoms with Crippen LogP contribution in [0.15, 0.2) is 157 Å². The summed E-state index contributed by atoms with van der Waals surface area (Å²) in [7, 11) is 0. The van der Waals surface area contributed by atoms with Crippen molar-refractivity contribution in [1.29, 1.82) is 0 Å². The van der Waals surface area contributed by atoms with E-state index in [1.54, 1.807) is 6.61 Å². The smallest absolute Gasteiger partial charge is 0.187 e. The lowest BCUT2D eigenvalue weighted by atomic mass is 9.96. The number of rotatable bonds is 21. The minimum atomic E-state index is -1.05. The van der Waals surface area contributed by atoms with Crippen molar-refractivity contribution >= 4 is 0 Å². The molecule has 15 heteroatoms. The molecule has 0 bridgehead atoms. The molecule has 4 aliphatic rings. The average molecular weight is 957 g/mol. The first-order valence-corrected chi connectivity index (χ1v) is 24.0. The Bertz CT molecular complexity index is 2370. The van der Waals surface area contributed by atoms with Crippen molar-refractivity contribution in [1.82, 2.24) is 0 Å². The maximum atomic E-state index is 9.87. The molecule has 4 fully saturated rings. The van der Waals surface area contributed by atoms with E-state index in [4.69, 9.17) is 56.8 Å². The van der Waals surface area contributed by atoms with Gasteiger partial charge in [-0.15, -0.1) is 0 Å². The van der Waals surface area contributed by atoms with Gasteiger partial charge >= 0.3 is 0 Å². The van der Waals surface area contributed by atoms with Crippen LogP contribution in [0.5, 0.6) is 0 Å². The Morgan fingerprint density at radius 1 is 0.571 bits per heavy atom. The zero-order valence-corrected chi connectivity index (χ0v) is 39.7. The molecular weight excluding hydrogens is 895 g/mol. The van der Waals surface area contributed by atoms with Crippen molar-refractivity contribution < 1.29 is 56.8 Å². The Balaban J connectivity index is 0.946. The Morgan fingerprint density at radius 2 is 1.06 bits per heavy atom. The standard InChI is InChI=1S/C55H62N3O12/c1-37-47(68-53-51(64-33-42-27-17-8-18-28-42)49(63-32-41-25-15-7-16-26-41)44(35-65-53)60-30-39-21-11-5-12-22-39)50-52(70-55(2,3)69-50)54(66-37)67-45-36-61-43(34-59-29-38-19-9-4-10-20-38)46(57-58-56)48(45)62-31-40-23-13-6-14-24-40/h4-28,36-37,43-54H,29-35H2,1-3H3/t37-,43+,44+,45+,46-,47-,48+,49-,50+,51+,52+,53-,54-/m0/s1. The highest BCUT2D eigenvalue weighted by Crippen LogP contribution is 2.42. The number of benzene rings is 5. The number of hydrogen-bond acceptors (Lipinski definition) is 13. The molecule has 0 unspecified atom stereocenters. The predicted molar refractivity (Wildman–Crippen MR) is 256 cm³/mol. The van der Waals surface area contributed by atoms with E-state index < -0.39 is 85.4 Å². The highest BCUT2D eigenvalue weighted by molar-refractivity contribution is 5.17. The quantitative estimate of drug-likeness (QED) is 0.0391. The number of ether oxygens (including phenoxy) is 12. The molecule has 0 spiro atoms. The summed E-state index contributed by atoms with van der Waals surface area (Å²) in [5.41, 5.74) is 14.8. The van der Waals surface area contributed by atoms with Crippen LogP contribution in [0.2, 0.25) is 0 Å². The van der Waals surface area contributed by atoms with E-state index in [0.717, 1.165) is 27.8 Å². The third-order valence-corrected chi connectivity index (χ3v) is 12.7. The van der Waals surface area contributed by atoms with Gasteiger partial charge in [0.05, 0.1) is 70.6 Å². The zero-order chi connectivity index (χ0) is 48.1. The van der Waals surface area contributed by atoms with Crippen LogP contribution in [-0.4, -0.2) is 98.7 Å². The van der Waals surface area contributed by atoms with Gasteiger partial charge in [0.2, 0.25) is 0 Å². The second kappa shape index (κ2) is 24.4. The van der Waals surface area contributed by atoms with Crippen LogP contribution in [0, 0.1) is 6.61 Å². The predicted octanol–water partition coefficient (Wildman–Crippen LogP) is 9.18. The first-order chi connectivity index (χ1) is 34.3. The molecule has 4 aliphatic heterocycles. The van der Waals surface area contributed by atoms with Crippen LogP contribution in [0.25, 0.3) is 10.4 Å². The summed E-state index contributed by atoms with van der Waals surface area (Å²) in [6.45, 7) is 8.95. The SMILES string of the molecule is C[C@@H]1O[C@@H](O[C@@H]2[CH]O[C@H](COCc3ccccc3)[C@H](N=[N+]=[N-])[C@@H]2OCc2ccccc2)[C@@H]2OC(C)(C)O[C@@H]2[C@H]1O[C@@H]1OC[C@@H](OCc2ccccc2)[C@H](OCc2ccccc2)[C@H]1OCc1ccccc1. The fourth-order valence-electron chi connectivity index (χ4n) is 9.23. The summed E-state index contributed by atoms with van der Waals surface area (Å²) in [6, 6.07) is 48.7. The van der Waals surface area contributed by atoms with Gasteiger partial charge in [-0.25, -0.2) is 0 Å². The van der Waals surface area contributed by atoms with Crippen LogP contribution in [0.1, 0.15) is 48.6 Å². The van der Waals surface area contributed by atoms with E-state index in [-0.39, 0.29) is 26.4 Å². The normalized spacial score (nSPS) is 30.5. The minimum absolute atomic E-state index is 0.135. The maximum Gasteiger partial charge on any atom is 0.187 e. The van der Waals surface area contributed by atoms with Gasteiger partial charge in [-0.05, 0) is 54.1 Å². The first-order valence-electron chi connectivity index (χ1n) is 24.0. The summed E-state index contributed by atoms with van der Waals surface area (Å²) in [5.74, 6) is -1.05. The van der Waals surface area contributed by atoms with Gasteiger partial charge in [0, 0.05) is 4.91 Å². The second-order valence-corrected chi connectivity index (χ2v) is 18.3. The molecular formula is C55H62N3O12. The van der Waals surface area contributed by atoms with Crippen LogP contribution in [0.3, 0.4) is 0 Å². The van der Waals surface area contributed by atoms with Gasteiger partial charge in [0.1, 0.15) is 49.3 Å².